The lowest BCUT2D eigenvalue weighted by molar-refractivity contribution is -0.118. The number of nitrogens with zero attached hydrogens (tertiary/aromatic N) is 5. The van der Waals surface area contributed by atoms with Crippen molar-refractivity contribution in [3.63, 3.8) is 0 Å². The third-order valence-electron chi connectivity index (χ3n) is 7.17. The minimum atomic E-state index is -0.0548. The highest BCUT2D eigenvalue weighted by Gasteiger charge is 2.24. The number of fused-ring (bicyclic) bond motifs is 1. The number of para-hydroxylation sites is 1. The fourth-order valence-electron chi connectivity index (χ4n) is 5.10. The van der Waals surface area contributed by atoms with Gasteiger partial charge in [-0.2, -0.15) is 0 Å². The van der Waals surface area contributed by atoms with Gasteiger partial charge < -0.3 is 9.80 Å². The number of benzene rings is 1. The van der Waals surface area contributed by atoms with Crippen LogP contribution in [0.4, 0.5) is 11.5 Å². The lowest BCUT2D eigenvalue weighted by atomic mass is 9.95. The molecule has 4 rings (SSSR count). The standard InChI is InChI=1S/C29H43N5O/c1-5-11-24-22-26(31-28(30-24)29(2,3)4)33-20-18-32(19-21-33)16-10-15-27(35)34-17-9-8-13-23-12-6-7-14-25(23)34/h6-7,12,14,22H,5,8-11,13,15-21H2,1-4H3. The second-order valence-corrected chi connectivity index (χ2v) is 11.1. The molecule has 0 unspecified atom stereocenters. The van der Waals surface area contributed by atoms with Crippen molar-refractivity contribution in [1.82, 2.24) is 14.9 Å². The molecule has 0 atom stereocenters. The summed E-state index contributed by atoms with van der Waals surface area (Å²) >= 11 is 0. The molecule has 1 aromatic heterocycles. The van der Waals surface area contributed by atoms with Gasteiger partial charge in [0.2, 0.25) is 5.91 Å². The van der Waals surface area contributed by atoms with Crippen LogP contribution in [-0.4, -0.2) is 60.0 Å². The van der Waals surface area contributed by atoms with E-state index in [0.717, 1.165) is 101 Å². The summed E-state index contributed by atoms with van der Waals surface area (Å²) in [5.41, 5.74) is 3.54. The highest BCUT2D eigenvalue weighted by molar-refractivity contribution is 5.94. The first-order valence-corrected chi connectivity index (χ1v) is 13.6. The van der Waals surface area contributed by atoms with E-state index >= 15 is 0 Å². The van der Waals surface area contributed by atoms with Crippen LogP contribution in [0.15, 0.2) is 30.3 Å². The Bertz CT molecular complexity index is 991. The first-order valence-electron chi connectivity index (χ1n) is 13.6. The predicted molar refractivity (Wildman–Crippen MR) is 144 cm³/mol. The zero-order valence-electron chi connectivity index (χ0n) is 22.2. The van der Waals surface area contributed by atoms with Crippen molar-refractivity contribution in [2.24, 2.45) is 0 Å². The number of piperazine rings is 1. The fourth-order valence-corrected chi connectivity index (χ4v) is 5.10. The van der Waals surface area contributed by atoms with E-state index in [-0.39, 0.29) is 11.3 Å². The van der Waals surface area contributed by atoms with Crippen LogP contribution < -0.4 is 9.80 Å². The van der Waals surface area contributed by atoms with E-state index in [2.05, 4.69) is 67.8 Å². The van der Waals surface area contributed by atoms with Gasteiger partial charge in [0.25, 0.3) is 0 Å². The second-order valence-electron chi connectivity index (χ2n) is 11.1. The Morgan fingerprint density at radius 2 is 1.77 bits per heavy atom. The molecule has 2 aliphatic rings. The molecule has 0 bridgehead atoms. The van der Waals surface area contributed by atoms with Gasteiger partial charge in [0, 0.05) is 62.0 Å². The zero-order chi connectivity index (χ0) is 24.8. The van der Waals surface area contributed by atoms with Crippen LogP contribution in [0.25, 0.3) is 0 Å². The van der Waals surface area contributed by atoms with Gasteiger partial charge in [-0.3, -0.25) is 9.69 Å². The van der Waals surface area contributed by atoms with Gasteiger partial charge in [-0.1, -0.05) is 52.3 Å². The second kappa shape index (κ2) is 11.5. The van der Waals surface area contributed by atoms with E-state index in [1.165, 1.54) is 5.56 Å². The molecule has 0 N–H and O–H groups in total. The van der Waals surface area contributed by atoms with Gasteiger partial charge in [-0.05, 0) is 50.3 Å². The Labute approximate surface area is 211 Å². The first-order chi connectivity index (χ1) is 16.8. The lowest BCUT2D eigenvalue weighted by Crippen LogP contribution is -2.47. The van der Waals surface area contributed by atoms with E-state index in [9.17, 15) is 4.79 Å². The summed E-state index contributed by atoms with van der Waals surface area (Å²) in [6.45, 7) is 14.6. The number of aromatic nitrogens is 2. The maximum absolute atomic E-state index is 13.1. The molecule has 3 heterocycles. The quantitative estimate of drug-likeness (QED) is 0.562. The average molecular weight is 478 g/mol. The van der Waals surface area contributed by atoms with Crippen LogP contribution in [0.1, 0.15) is 76.9 Å². The van der Waals surface area contributed by atoms with Crippen LogP contribution in [0.3, 0.4) is 0 Å². The monoisotopic (exact) mass is 477 g/mol. The van der Waals surface area contributed by atoms with Crippen molar-refractivity contribution in [2.75, 3.05) is 49.1 Å². The minimum Gasteiger partial charge on any atom is -0.354 e. The molecule has 0 spiro atoms. The first kappa shape index (κ1) is 25.6. The molecule has 35 heavy (non-hydrogen) atoms. The molecule has 0 saturated carbocycles. The van der Waals surface area contributed by atoms with Crippen LogP contribution in [0.2, 0.25) is 0 Å². The molecule has 1 saturated heterocycles. The number of aryl methyl sites for hydroxylation is 2. The van der Waals surface area contributed by atoms with Gasteiger partial charge in [0.1, 0.15) is 11.6 Å². The van der Waals surface area contributed by atoms with E-state index in [4.69, 9.17) is 9.97 Å². The van der Waals surface area contributed by atoms with Crippen LogP contribution >= 0.6 is 0 Å². The number of amides is 1. The van der Waals surface area contributed by atoms with Crippen LogP contribution in [-0.2, 0) is 23.1 Å². The van der Waals surface area contributed by atoms with E-state index in [1.807, 2.05) is 4.90 Å². The number of anilines is 2. The lowest BCUT2D eigenvalue weighted by Gasteiger charge is -2.36. The molecule has 2 aliphatic heterocycles. The fraction of sp³-hybridized carbons (Fsp3) is 0.621. The van der Waals surface area contributed by atoms with Crippen molar-refractivity contribution in [3.05, 3.63) is 47.4 Å². The van der Waals surface area contributed by atoms with Crippen molar-refractivity contribution >= 4 is 17.4 Å². The molecule has 2 aromatic rings. The highest BCUT2D eigenvalue weighted by Crippen LogP contribution is 2.27. The van der Waals surface area contributed by atoms with E-state index in [0.29, 0.717) is 6.42 Å². The van der Waals surface area contributed by atoms with Gasteiger partial charge in [-0.15, -0.1) is 0 Å². The predicted octanol–water partition coefficient (Wildman–Crippen LogP) is 5.00. The third kappa shape index (κ3) is 6.60. The number of carbonyl (C=O) groups excluding carboxylic acids is 1. The molecule has 6 heteroatoms. The number of rotatable bonds is 7. The summed E-state index contributed by atoms with van der Waals surface area (Å²) in [5, 5.41) is 0. The SMILES string of the molecule is CCCc1cc(N2CCN(CCCC(=O)N3CCCCc4ccccc43)CC2)nc(C(C)(C)C)n1. The average Bonchev–Trinajstić information content (AvgIpc) is 3.07. The van der Waals surface area contributed by atoms with E-state index in [1.54, 1.807) is 0 Å². The van der Waals surface area contributed by atoms with Crippen LogP contribution in [0, 0.1) is 0 Å². The number of hydrogen-bond acceptors (Lipinski definition) is 5. The maximum Gasteiger partial charge on any atom is 0.227 e. The maximum atomic E-state index is 13.1. The van der Waals surface area contributed by atoms with Gasteiger partial charge in [0.05, 0.1) is 0 Å². The topological polar surface area (TPSA) is 52.6 Å². The Morgan fingerprint density at radius 3 is 2.51 bits per heavy atom. The normalized spacial score (nSPS) is 17.3. The molecular formula is C29H43N5O. The Morgan fingerprint density at radius 1 is 1.00 bits per heavy atom. The molecule has 0 aliphatic carbocycles. The molecule has 1 amide bonds. The van der Waals surface area contributed by atoms with Crippen molar-refractivity contribution < 1.29 is 4.79 Å². The Balaban J connectivity index is 1.29. The Hall–Kier alpha value is -2.47. The largest absolute Gasteiger partial charge is 0.354 e. The summed E-state index contributed by atoms with van der Waals surface area (Å²) in [6.07, 6.45) is 6.95. The van der Waals surface area contributed by atoms with Crippen molar-refractivity contribution in [3.8, 4) is 0 Å². The van der Waals surface area contributed by atoms with Crippen LogP contribution in [0.5, 0.6) is 0 Å². The third-order valence-corrected chi connectivity index (χ3v) is 7.17. The molecule has 6 nitrogen and oxygen atoms in total. The molecular weight excluding hydrogens is 434 g/mol. The summed E-state index contributed by atoms with van der Waals surface area (Å²) in [7, 11) is 0. The molecule has 190 valence electrons. The minimum absolute atomic E-state index is 0.0548. The number of hydrogen-bond donors (Lipinski definition) is 0. The van der Waals surface area contributed by atoms with E-state index < -0.39 is 0 Å². The van der Waals surface area contributed by atoms with Crippen molar-refractivity contribution in [2.45, 2.75) is 78.1 Å². The summed E-state index contributed by atoms with van der Waals surface area (Å²) in [5.74, 6) is 2.29. The summed E-state index contributed by atoms with van der Waals surface area (Å²) in [4.78, 5) is 29.8. The Kier molecular flexibility index (Phi) is 8.42. The highest BCUT2D eigenvalue weighted by atomic mass is 16.2. The van der Waals surface area contributed by atoms with Gasteiger partial charge >= 0.3 is 0 Å². The summed E-state index contributed by atoms with van der Waals surface area (Å²) < 4.78 is 0. The zero-order valence-corrected chi connectivity index (χ0v) is 22.2. The molecule has 0 radical (unpaired) electrons. The summed E-state index contributed by atoms with van der Waals surface area (Å²) in [6, 6.07) is 10.6. The van der Waals surface area contributed by atoms with Gasteiger partial charge in [0.15, 0.2) is 0 Å². The van der Waals surface area contributed by atoms with Crippen molar-refractivity contribution in [1.29, 1.82) is 0 Å². The molecule has 1 fully saturated rings. The van der Waals surface area contributed by atoms with Gasteiger partial charge in [-0.25, -0.2) is 9.97 Å². The molecule has 1 aromatic carbocycles. The number of carbonyl (C=O) groups is 1. The smallest absolute Gasteiger partial charge is 0.227 e.